The summed E-state index contributed by atoms with van der Waals surface area (Å²) in [6.07, 6.45) is 1.68. The predicted molar refractivity (Wildman–Crippen MR) is 153 cm³/mol. The van der Waals surface area contributed by atoms with Gasteiger partial charge in [0, 0.05) is 28.7 Å². The van der Waals surface area contributed by atoms with Gasteiger partial charge in [-0.3, -0.25) is 4.72 Å². The Morgan fingerprint density at radius 3 is 2.13 bits per heavy atom. The standard InChI is InChI=1S/C30H29N5O3S/c1-20-5-11-24(12-6-20)32-27-19-22(17-18-31-27)28-33-29(38-34-28)21-7-13-25(14-8-21)35-39(36,37)26-15-9-23(10-16-26)30(2,3)4/h5-19,35H,1-4H3,(H,31,32). The van der Waals surface area contributed by atoms with E-state index in [-0.39, 0.29) is 10.3 Å². The van der Waals surface area contributed by atoms with Crippen LogP contribution in [0.5, 0.6) is 0 Å². The van der Waals surface area contributed by atoms with Crippen LogP contribution in [-0.2, 0) is 15.4 Å². The number of pyridine rings is 1. The van der Waals surface area contributed by atoms with Crippen molar-refractivity contribution in [2.75, 3.05) is 10.0 Å². The Morgan fingerprint density at radius 1 is 0.795 bits per heavy atom. The number of nitrogens with one attached hydrogen (secondary N) is 2. The third kappa shape index (κ3) is 6.15. The van der Waals surface area contributed by atoms with E-state index in [1.165, 1.54) is 5.56 Å². The molecule has 5 aromatic rings. The van der Waals surface area contributed by atoms with Crippen LogP contribution >= 0.6 is 0 Å². The number of benzene rings is 3. The lowest BCUT2D eigenvalue weighted by molar-refractivity contribution is 0.432. The topological polar surface area (TPSA) is 110 Å². The molecule has 0 saturated carbocycles. The quantitative estimate of drug-likeness (QED) is 0.230. The third-order valence-electron chi connectivity index (χ3n) is 6.18. The maximum Gasteiger partial charge on any atom is 0.261 e. The Morgan fingerprint density at radius 2 is 1.46 bits per heavy atom. The molecule has 198 valence electrons. The molecule has 0 amide bonds. The van der Waals surface area contributed by atoms with Crippen LogP contribution in [0.2, 0.25) is 0 Å². The van der Waals surface area contributed by atoms with Crippen molar-refractivity contribution in [3.63, 3.8) is 0 Å². The third-order valence-corrected chi connectivity index (χ3v) is 7.58. The number of nitrogens with zero attached hydrogens (tertiary/aromatic N) is 3. The van der Waals surface area contributed by atoms with Crippen LogP contribution in [-0.4, -0.2) is 23.5 Å². The van der Waals surface area contributed by atoms with Gasteiger partial charge in [-0.15, -0.1) is 0 Å². The largest absolute Gasteiger partial charge is 0.340 e. The van der Waals surface area contributed by atoms with Crippen molar-refractivity contribution < 1.29 is 12.9 Å². The number of anilines is 3. The zero-order chi connectivity index (χ0) is 27.6. The summed E-state index contributed by atoms with van der Waals surface area (Å²) in [6, 6.07) is 25.4. The zero-order valence-corrected chi connectivity index (χ0v) is 23.0. The highest BCUT2D eigenvalue weighted by molar-refractivity contribution is 7.92. The van der Waals surface area contributed by atoms with Gasteiger partial charge in [-0.05, 0) is 78.6 Å². The summed E-state index contributed by atoms with van der Waals surface area (Å²) in [5.74, 6) is 1.40. The molecule has 2 N–H and O–H groups in total. The van der Waals surface area contributed by atoms with Crippen LogP contribution < -0.4 is 10.0 Å². The average molecular weight is 540 g/mol. The number of sulfonamides is 1. The highest BCUT2D eigenvalue weighted by atomic mass is 32.2. The molecule has 0 radical (unpaired) electrons. The fourth-order valence-corrected chi connectivity index (χ4v) is 4.97. The monoisotopic (exact) mass is 539 g/mol. The minimum absolute atomic E-state index is 0.0574. The molecular weight excluding hydrogens is 510 g/mol. The van der Waals surface area contributed by atoms with Gasteiger partial charge in [-0.1, -0.05) is 55.8 Å². The van der Waals surface area contributed by atoms with Gasteiger partial charge in [0.25, 0.3) is 15.9 Å². The van der Waals surface area contributed by atoms with E-state index in [1.807, 2.05) is 49.4 Å². The second-order valence-electron chi connectivity index (χ2n) is 10.3. The van der Waals surface area contributed by atoms with Crippen LogP contribution in [0.15, 0.2) is 101 Å². The molecule has 0 atom stereocenters. The molecule has 0 saturated heterocycles. The molecule has 0 spiro atoms. The van der Waals surface area contributed by atoms with E-state index in [1.54, 1.807) is 48.7 Å². The van der Waals surface area contributed by atoms with E-state index < -0.39 is 10.0 Å². The van der Waals surface area contributed by atoms with Gasteiger partial charge >= 0.3 is 0 Å². The van der Waals surface area contributed by atoms with Crippen LogP contribution in [0.4, 0.5) is 17.2 Å². The minimum atomic E-state index is -3.73. The lowest BCUT2D eigenvalue weighted by Gasteiger charge is -2.19. The van der Waals surface area contributed by atoms with E-state index in [0.29, 0.717) is 28.8 Å². The molecular formula is C30H29N5O3S. The Labute approximate surface area is 228 Å². The lowest BCUT2D eigenvalue weighted by Crippen LogP contribution is -2.14. The highest BCUT2D eigenvalue weighted by Gasteiger charge is 2.18. The fourth-order valence-electron chi connectivity index (χ4n) is 3.91. The summed E-state index contributed by atoms with van der Waals surface area (Å²) >= 11 is 0. The smallest absolute Gasteiger partial charge is 0.261 e. The second-order valence-corrected chi connectivity index (χ2v) is 12.0. The van der Waals surface area contributed by atoms with Crippen molar-refractivity contribution in [1.82, 2.24) is 15.1 Å². The molecule has 0 aliphatic carbocycles. The van der Waals surface area contributed by atoms with E-state index >= 15 is 0 Å². The molecule has 5 rings (SSSR count). The molecule has 2 heterocycles. The van der Waals surface area contributed by atoms with Gasteiger partial charge in [-0.25, -0.2) is 13.4 Å². The van der Waals surface area contributed by atoms with Crippen LogP contribution in [0.3, 0.4) is 0 Å². The van der Waals surface area contributed by atoms with Crippen molar-refractivity contribution in [2.45, 2.75) is 38.0 Å². The maximum atomic E-state index is 12.9. The number of rotatable bonds is 7. The van der Waals surface area contributed by atoms with E-state index in [9.17, 15) is 8.42 Å². The summed E-state index contributed by atoms with van der Waals surface area (Å²) in [7, 11) is -3.73. The van der Waals surface area contributed by atoms with Gasteiger partial charge in [-0.2, -0.15) is 4.98 Å². The first kappa shape index (κ1) is 26.1. The van der Waals surface area contributed by atoms with Crippen LogP contribution in [0, 0.1) is 6.92 Å². The van der Waals surface area contributed by atoms with E-state index in [4.69, 9.17) is 4.52 Å². The normalized spacial score (nSPS) is 11.8. The van der Waals surface area contributed by atoms with Gasteiger partial charge in [0.05, 0.1) is 4.90 Å². The fraction of sp³-hybridized carbons (Fsp3) is 0.167. The molecule has 0 aliphatic heterocycles. The Hall–Kier alpha value is -4.50. The summed E-state index contributed by atoms with van der Waals surface area (Å²) in [5, 5.41) is 7.39. The van der Waals surface area contributed by atoms with Crippen LogP contribution in [0.25, 0.3) is 22.8 Å². The summed E-state index contributed by atoms with van der Waals surface area (Å²) in [6.45, 7) is 8.29. The van der Waals surface area contributed by atoms with Gasteiger partial charge in [0.2, 0.25) is 5.82 Å². The number of aromatic nitrogens is 3. The van der Waals surface area contributed by atoms with Crippen molar-refractivity contribution in [2.24, 2.45) is 0 Å². The average Bonchev–Trinajstić information content (AvgIpc) is 3.41. The maximum absolute atomic E-state index is 12.9. The molecule has 2 aromatic heterocycles. The second kappa shape index (κ2) is 10.3. The molecule has 0 bridgehead atoms. The zero-order valence-electron chi connectivity index (χ0n) is 22.1. The summed E-state index contributed by atoms with van der Waals surface area (Å²) in [4.78, 5) is 9.09. The SMILES string of the molecule is Cc1ccc(Nc2cc(-c3noc(-c4ccc(NS(=O)(=O)c5ccc(C(C)(C)C)cc5)cc4)n3)ccn2)cc1. The molecule has 0 fully saturated rings. The van der Waals surface area contributed by atoms with Crippen molar-refractivity contribution in [1.29, 1.82) is 0 Å². The summed E-state index contributed by atoms with van der Waals surface area (Å²) < 4.78 is 33.9. The van der Waals surface area contributed by atoms with Gasteiger partial charge in [0.1, 0.15) is 5.82 Å². The molecule has 9 heteroatoms. The van der Waals surface area contributed by atoms with Crippen LogP contribution in [0.1, 0.15) is 31.9 Å². The molecule has 0 aliphatic rings. The van der Waals surface area contributed by atoms with E-state index in [2.05, 4.69) is 45.9 Å². The van der Waals surface area contributed by atoms with Gasteiger partial charge in [0.15, 0.2) is 0 Å². The molecule has 8 nitrogen and oxygen atoms in total. The number of aryl methyl sites for hydroxylation is 1. The minimum Gasteiger partial charge on any atom is -0.340 e. The molecule has 0 unspecified atom stereocenters. The Balaban J connectivity index is 1.28. The number of hydrogen-bond donors (Lipinski definition) is 2. The summed E-state index contributed by atoms with van der Waals surface area (Å²) in [5.41, 5.74) is 4.96. The first-order chi connectivity index (χ1) is 18.6. The first-order valence-electron chi connectivity index (χ1n) is 12.4. The highest BCUT2D eigenvalue weighted by Crippen LogP contribution is 2.27. The lowest BCUT2D eigenvalue weighted by atomic mass is 9.87. The Bertz CT molecular complexity index is 1690. The Kier molecular flexibility index (Phi) is 6.93. The predicted octanol–water partition coefficient (Wildman–Crippen LogP) is 6.95. The van der Waals surface area contributed by atoms with Crippen molar-refractivity contribution in [3.05, 3.63) is 102 Å². The van der Waals surface area contributed by atoms with Crippen molar-refractivity contribution in [3.8, 4) is 22.8 Å². The first-order valence-corrected chi connectivity index (χ1v) is 13.9. The van der Waals surface area contributed by atoms with E-state index in [0.717, 1.165) is 16.8 Å². The van der Waals surface area contributed by atoms with Gasteiger partial charge < -0.3 is 9.84 Å². The molecule has 3 aromatic carbocycles. The van der Waals surface area contributed by atoms with Crippen molar-refractivity contribution >= 4 is 27.2 Å². The molecule has 39 heavy (non-hydrogen) atoms. The number of hydrogen-bond acceptors (Lipinski definition) is 7.